The molecule has 6 heteroatoms. The number of nitrogens with one attached hydrogen (secondary N) is 1. The predicted octanol–water partition coefficient (Wildman–Crippen LogP) is 4.33. The van der Waals surface area contributed by atoms with Crippen molar-refractivity contribution >= 4 is 17.7 Å². The number of anilines is 1. The van der Waals surface area contributed by atoms with Crippen molar-refractivity contribution in [2.45, 2.75) is 13.8 Å². The Labute approximate surface area is 169 Å². The number of aromatic nitrogens is 4. The zero-order chi connectivity index (χ0) is 20.2. The van der Waals surface area contributed by atoms with Crippen molar-refractivity contribution in [2.24, 2.45) is 0 Å². The molecule has 2 aromatic heterocycles. The number of benzene rings is 2. The first-order valence-electron chi connectivity index (χ1n) is 9.33. The molecule has 4 rings (SSSR count). The summed E-state index contributed by atoms with van der Waals surface area (Å²) in [5.74, 6) is -0.212. The van der Waals surface area contributed by atoms with E-state index in [0.29, 0.717) is 5.69 Å². The molecule has 0 aliphatic heterocycles. The molecule has 2 heterocycles. The maximum absolute atomic E-state index is 12.6. The fourth-order valence-electron chi connectivity index (χ4n) is 3.24. The number of para-hydroxylation sites is 3. The van der Waals surface area contributed by atoms with Crippen LogP contribution in [0.15, 0.2) is 79.1 Å². The van der Waals surface area contributed by atoms with Crippen LogP contribution in [0, 0.1) is 13.8 Å². The standard InChI is InChI=1S/C23H21N5O/c1-17-20(18(2)28(26-17)19-9-4-3-5-10-19)13-14-23(29)25-21-11-6-7-12-22(21)27-16-8-15-24-27/h3-16H,1-2H3,(H,25,29)/b14-13+. The second-order valence-corrected chi connectivity index (χ2v) is 6.62. The molecule has 4 aromatic rings. The fourth-order valence-corrected chi connectivity index (χ4v) is 3.24. The Morgan fingerprint density at radius 2 is 1.76 bits per heavy atom. The lowest BCUT2D eigenvalue weighted by Crippen LogP contribution is -2.10. The van der Waals surface area contributed by atoms with Crippen LogP contribution >= 0.6 is 0 Å². The number of nitrogens with zero attached hydrogens (tertiary/aromatic N) is 4. The van der Waals surface area contributed by atoms with Crippen molar-refractivity contribution in [2.75, 3.05) is 5.32 Å². The summed E-state index contributed by atoms with van der Waals surface area (Å²) in [4.78, 5) is 12.6. The fraction of sp³-hybridized carbons (Fsp3) is 0.0870. The molecule has 6 nitrogen and oxygen atoms in total. The Kier molecular flexibility index (Phi) is 5.07. The Balaban J connectivity index is 1.55. The highest BCUT2D eigenvalue weighted by molar-refractivity contribution is 6.03. The van der Waals surface area contributed by atoms with Gasteiger partial charge in [0.15, 0.2) is 0 Å². The van der Waals surface area contributed by atoms with Crippen LogP contribution in [0.5, 0.6) is 0 Å². The molecule has 29 heavy (non-hydrogen) atoms. The molecule has 0 aliphatic carbocycles. The zero-order valence-electron chi connectivity index (χ0n) is 16.3. The monoisotopic (exact) mass is 383 g/mol. The minimum atomic E-state index is -0.212. The van der Waals surface area contributed by atoms with E-state index in [1.165, 1.54) is 6.08 Å². The Morgan fingerprint density at radius 1 is 1.00 bits per heavy atom. The van der Waals surface area contributed by atoms with Gasteiger partial charge in [0.05, 0.1) is 22.8 Å². The van der Waals surface area contributed by atoms with Crippen molar-refractivity contribution < 1.29 is 4.79 Å². The Hall–Kier alpha value is -3.93. The third kappa shape index (κ3) is 3.87. The average molecular weight is 383 g/mol. The molecule has 0 unspecified atom stereocenters. The normalized spacial score (nSPS) is 11.1. The van der Waals surface area contributed by atoms with Crippen LogP contribution in [0.25, 0.3) is 17.5 Å². The molecule has 0 radical (unpaired) electrons. The largest absolute Gasteiger partial charge is 0.321 e. The molecule has 2 aromatic carbocycles. The maximum atomic E-state index is 12.6. The van der Waals surface area contributed by atoms with Crippen LogP contribution in [-0.4, -0.2) is 25.5 Å². The third-order valence-corrected chi connectivity index (χ3v) is 4.66. The van der Waals surface area contributed by atoms with E-state index in [9.17, 15) is 4.79 Å². The van der Waals surface area contributed by atoms with Crippen LogP contribution in [0.2, 0.25) is 0 Å². The van der Waals surface area contributed by atoms with E-state index in [1.54, 1.807) is 10.9 Å². The van der Waals surface area contributed by atoms with Crippen LogP contribution in [-0.2, 0) is 4.79 Å². The van der Waals surface area contributed by atoms with Gasteiger partial charge in [-0.05, 0) is 50.3 Å². The molecule has 1 N–H and O–H groups in total. The van der Waals surface area contributed by atoms with Crippen molar-refractivity contribution in [3.63, 3.8) is 0 Å². The minimum absolute atomic E-state index is 0.212. The van der Waals surface area contributed by atoms with Gasteiger partial charge in [-0.2, -0.15) is 10.2 Å². The van der Waals surface area contributed by atoms with Gasteiger partial charge in [0.2, 0.25) is 5.91 Å². The summed E-state index contributed by atoms with van der Waals surface area (Å²) in [5.41, 5.74) is 5.28. The lowest BCUT2D eigenvalue weighted by molar-refractivity contribution is -0.111. The van der Waals surface area contributed by atoms with E-state index in [2.05, 4.69) is 15.5 Å². The number of hydrogen-bond donors (Lipinski definition) is 1. The molecule has 0 fully saturated rings. The molecule has 0 bridgehead atoms. The summed E-state index contributed by atoms with van der Waals surface area (Å²) in [5, 5.41) is 11.8. The van der Waals surface area contributed by atoms with Crippen molar-refractivity contribution in [3.8, 4) is 11.4 Å². The summed E-state index contributed by atoms with van der Waals surface area (Å²) in [7, 11) is 0. The maximum Gasteiger partial charge on any atom is 0.248 e. The van der Waals surface area contributed by atoms with E-state index < -0.39 is 0 Å². The van der Waals surface area contributed by atoms with E-state index in [-0.39, 0.29) is 5.91 Å². The second-order valence-electron chi connectivity index (χ2n) is 6.62. The summed E-state index contributed by atoms with van der Waals surface area (Å²) in [6, 6.07) is 19.3. The zero-order valence-corrected chi connectivity index (χ0v) is 16.3. The van der Waals surface area contributed by atoms with Gasteiger partial charge in [0, 0.05) is 29.7 Å². The average Bonchev–Trinajstić information content (AvgIpc) is 3.36. The van der Waals surface area contributed by atoms with Crippen LogP contribution in [0.4, 0.5) is 5.69 Å². The van der Waals surface area contributed by atoms with Crippen LogP contribution in [0.1, 0.15) is 17.0 Å². The van der Waals surface area contributed by atoms with Gasteiger partial charge >= 0.3 is 0 Å². The molecular formula is C23H21N5O. The second kappa shape index (κ2) is 7.98. The smallest absolute Gasteiger partial charge is 0.248 e. The van der Waals surface area contributed by atoms with Crippen LogP contribution in [0.3, 0.4) is 0 Å². The quantitative estimate of drug-likeness (QED) is 0.522. The first-order chi connectivity index (χ1) is 14.1. The highest BCUT2D eigenvalue weighted by Gasteiger charge is 2.11. The van der Waals surface area contributed by atoms with Crippen molar-refractivity contribution in [3.05, 3.63) is 96.1 Å². The molecular weight excluding hydrogens is 362 g/mol. The van der Waals surface area contributed by atoms with Gasteiger partial charge in [-0.3, -0.25) is 4.79 Å². The Morgan fingerprint density at radius 3 is 2.52 bits per heavy atom. The number of aryl methyl sites for hydroxylation is 1. The summed E-state index contributed by atoms with van der Waals surface area (Å²) in [6.45, 7) is 3.94. The molecule has 0 spiro atoms. The summed E-state index contributed by atoms with van der Waals surface area (Å²) >= 11 is 0. The molecule has 0 aliphatic rings. The van der Waals surface area contributed by atoms with Gasteiger partial charge in [-0.15, -0.1) is 0 Å². The highest BCUT2D eigenvalue weighted by Crippen LogP contribution is 2.21. The van der Waals surface area contributed by atoms with Crippen LogP contribution < -0.4 is 5.32 Å². The minimum Gasteiger partial charge on any atom is -0.321 e. The van der Waals surface area contributed by atoms with Gasteiger partial charge < -0.3 is 5.32 Å². The topological polar surface area (TPSA) is 64.7 Å². The molecule has 0 saturated heterocycles. The number of hydrogen-bond acceptors (Lipinski definition) is 3. The van der Waals surface area contributed by atoms with E-state index in [1.807, 2.05) is 91.5 Å². The van der Waals surface area contributed by atoms with Crippen molar-refractivity contribution in [1.29, 1.82) is 0 Å². The van der Waals surface area contributed by atoms with Crippen molar-refractivity contribution in [1.82, 2.24) is 19.6 Å². The molecule has 0 atom stereocenters. The lowest BCUT2D eigenvalue weighted by atomic mass is 10.1. The Bertz CT molecular complexity index is 1160. The van der Waals surface area contributed by atoms with Gasteiger partial charge in [-0.1, -0.05) is 30.3 Å². The molecule has 1 amide bonds. The number of amides is 1. The van der Waals surface area contributed by atoms with Gasteiger partial charge in [-0.25, -0.2) is 9.36 Å². The number of carbonyl (C=O) groups is 1. The van der Waals surface area contributed by atoms with E-state index in [0.717, 1.165) is 28.3 Å². The number of carbonyl (C=O) groups excluding carboxylic acids is 1. The first-order valence-corrected chi connectivity index (χ1v) is 9.33. The molecule has 144 valence electrons. The highest BCUT2D eigenvalue weighted by atomic mass is 16.1. The predicted molar refractivity (Wildman–Crippen MR) is 114 cm³/mol. The van der Waals surface area contributed by atoms with E-state index >= 15 is 0 Å². The lowest BCUT2D eigenvalue weighted by Gasteiger charge is -2.09. The number of rotatable bonds is 5. The SMILES string of the molecule is Cc1nn(-c2ccccc2)c(C)c1/C=C/C(=O)Nc1ccccc1-n1cccn1. The summed E-state index contributed by atoms with van der Waals surface area (Å²) in [6.07, 6.45) is 6.88. The summed E-state index contributed by atoms with van der Waals surface area (Å²) < 4.78 is 3.61. The third-order valence-electron chi connectivity index (χ3n) is 4.66. The molecule has 0 saturated carbocycles. The van der Waals surface area contributed by atoms with Gasteiger partial charge in [0.1, 0.15) is 0 Å². The van der Waals surface area contributed by atoms with E-state index in [4.69, 9.17) is 0 Å². The first kappa shape index (κ1) is 18.4. The van der Waals surface area contributed by atoms with Gasteiger partial charge in [0.25, 0.3) is 0 Å².